The highest BCUT2D eigenvalue weighted by molar-refractivity contribution is 5.97. The highest BCUT2D eigenvalue weighted by Crippen LogP contribution is 2.17. The molecule has 0 aliphatic rings. The maximum atomic E-state index is 13.2. The molecule has 0 saturated carbocycles. The number of carbonyl (C=O) groups excluding carboxylic acids is 1. The van der Waals surface area contributed by atoms with E-state index in [1.165, 1.54) is 41.3 Å². The summed E-state index contributed by atoms with van der Waals surface area (Å²) >= 11 is 0. The first kappa shape index (κ1) is 16.0. The van der Waals surface area contributed by atoms with Crippen molar-refractivity contribution in [1.29, 1.82) is 0 Å². The van der Waals surface area contributed by atoms with Gasteiger partial charge in [-0.1, -0.05) is 0 Å². The minimum absolute atomic E-state index is 0.214. The monoisotopic (exact) mass is 330 g/mol. The summed E-state index contributed by atoms with van der Waals surface area (Å²) in [6.45, 7) is 0.642. The second kappa shape index (κ2) is 6.70. The quantitative estimate of drug-likeness (QED) is 0.777. The fraction of sp³-hybridized carbons (Fsp3) is 0.167. The van der Waals surface area contributed by atoms with Gasteiger partial charge in [0.15, 0.2) is 0 Å². The summed E-state index contributed by atoms with van der Waals surface area (Å²) in [6.07, 6.45) is 0. The first-order valence-electron chi connectivity index (χ1n) is 7.45. The molecule has 24 heavy (non-hydrogen) atoms. The van der Waals surface area contributed by atoms with E-state index >= 15 is 0 Å². The number of nitrogens with one attached hydrogen (secondary N) is 1. The third-order valence-corrected chi connectivity index (χ3v) is 3.67. The Hall–Kier alpha value is -2.89. The smallest absolute Gasteiger partial charge is 0.270 e. The van der Waals surface area contributed by atoms with Crippen LogP contribution in [0.1, 0.15) is 10.5 Å². The van der Waals surface area contributed by atoms with Crippen molar-refractivity contribution < 1.29 is 18.3 Å². The first-order chi connectivity index (χ1) is 11.5. The fourth-order valence-electron chi connectivity index (χ4n) is 2.36. The highest BCUT2D eigenvalue weighted by atomic mass is 19.1. The van der Waals surface area contributed by atoms with E-state index in [0.717, 1.165) is 0 Å². The standard InChI is InChI=1S/C18H16F2N2O2/c1-22(8-9-24-15-5-2-13(19)3-6-15)18(23)17-11-12-10-14(20)4-7-16(12)21-17/h2-7,10-11,21H,8-9H2,1H3. The second-order valence-electron chi connectivity index (χ2n) is 5.44. The van der Waals surface area contributed by atoms with Crippen LogP contribution >= 0.6 is 0 Å². The van der Waals surface area contributed by atoms with Crippen molar-refractivity contribution in [3.8, 4) is 5.75 Å². The van der Waals surface area contributed by atoms with Crippen molar-refractivity contribution in [2.75, 3.05) is 20.2 Å². The molecule has 1 heterocycles. The molecule has 0 aliphatic carbocycles. The van der Waals surface area contributed by atoms with Crippen LogP contribution in [0.5, 0.6) is 5.75 Å². The second-order valence-corrected chi connectivity index (χ2v) is 5.44. The Balaban J connectivity index is 1.60. The number of likely N-dealkylation sites (N-methyl/N-ethyl adjacent to an activating group) is 1. The molecule has 0 bridgehead atoms. The number of aromatic amines is 1. The number of amides is 1. The largest absolute Gasteiger partial charge is 0.492 e. The zero-order chi connectivity index (χ0) is 17.1. The molecule has 1 amide bonds. The lowest BCUT2D eigenvalue weighted by Crippen LogP contribution is -2.31. The molecular weight excluding hydrogens is 314 g/mol. The number of aromatic nitrogens is 1. The summed E-state index contributed by atoms with van der Waals surface area (Å²) in [5, 5.41) is 0.648. The lowest BCUT2D eigenvalue weighted by atomic mass is 10.2. The molecular formula is C18H16F2N2O2. The molecule has 0 aliphatic heterocycles. The molecule has 124 valence electrons. The molecule has 2 aromatic carbocycles. The number of fused-ring (bicyclic) bond motifs is 1. The van der Waals surface area contributed by atoms with Crippen LogP contribution in [0.25, 0.3) is 10.9 Å². The molecule has 4 nitrogen and oxygen atoms in total. The van der Waals surface area contributed by atoms with Crippen molar-refractivity contribution >= 4 is 16.8 Å². The van der Waals surface area contributed by atoms with E-state index in [9.17, 15) is 13.6 Å². The van der Waals surface area contributed by atoms with Crippen LogP contribution in [-0.2, 0) is 0 Å². The number of hydrogen-bond acceptors (Lipinski definition) is 2. The summed E-state index contributed by atoms with van der Waals surface area (Å²) in [7, 11) is 1.66. The average molecular weight is 330 g/mol. The number of halogens is 2. The van der Waals surface area contributed by atoms with Crippen LogP contribution in [0.15, 0.2) is 48.5 Å². The molecule has 0 spiro atoms. The fourth-order valence-corrected chi connectivity index (χ4v) is 2.36. The van der Waals surface area contributed by atoms with Crippen LogP contribution < -0.4 is 4.74 Å². The van der Waals surface area contributed by atoms with E-state index in [2.05, 4.69) is 4.98 Å². The Morgan fingerprint density at radius 2 is 1.79 bits per heavy atom. The van der Waals surface area contributed by atoms with E-state index in [-0.39, 0.29) is 24.1 Å². The molecule has 0 radical (unpaired) electrons. The van der Waals surface area contributed by atoms with Crippen molar-refractivity contribution in [2.45, 2.75) is 0 Å². The third-order valence-electron chi connectivity index (χ3n) is 3.67. The Morgan fingerprint density at radius 1 is 1.08 bits per heavy atom. The van der Waals surface area contributed by atoms with Gasteiger partial charge >= 0.3 is 0 Å². The van der Waals surface area contributed by atoms with E-state index in [1.807, 2.05) is 0 Å². The number of rotatable bonds is 5. The highest BCUT2D eigenvalue weighted by Gasteiger charge is 2.14. The molecule has 0 unspecified atom stereocenters. The van der Waals surface area contributed by atoms with Gasteiger partial charge < -0.3 is 14.6 Å². The van der Waals surface area contributed by atoms with E-state index in [0.29, 0.717) is 28.9 Å². The Kier molecular flexibility index (Phi) is 4.46. The van der Waals surface area contributed by atoms with Crippen LogP contribution in [0.2, 0.25) is 0 Å². The molecule has 6 heteroatoms. The number of hydrogen-bond donors (Lipinski definition) is 1. The Bertz CT molecular complexity index is 859. The summed E-state index contributed by atoms with van der Waals surface area (Å²) in [6, 6.07) is 11.6. The molecule has 0 saturated heterocycles. The van der Waals surface area contributed by atoms with Gasteiger partial charge in [0.2, 0.25) is 0 Å². The molecule has 3 rings (SSSR count). The summed E-state index contributed by atoms with van der Waals surface area (Å²) in [4.78, 5) is 16.9. The molecule has 1 N–H and O–H groups in total. The van der Waals surface area contributed by atoms with Crippen molar-refractivity contribution in [3.05, 3.63) is 65.9 Å². The minimum Gasteiger partial charge on any atom is -0.492 e. The van der Waals surface area contributed by atoms with Crippen molar-refractivity contribution in [1.82, 2.24) is 9.88 Å². The van der Waals surface area contributed by atoms with Crippen LogP contribution in [0.4, 0.5) is 8.78 Å². The zero-order valence-corrected chi connectivity index (χ0v) is 13.1. The maximum Gasteiger partial charge on any atom is 0.270 e. The Morgan fingerprint density at radius 3 is 2.54 bits per heavy atom. The summed E-state index contributed by atoms with van der Waals surface area (Å²) < 4.78 is 31.5. The van der Waals surface area contributed by atoms with Gasteiger partial charge in [0.25, 0.3) is 5.91 Å². The zero-order valence-electron chi connectivity index (χ0n) is 13.1. The molecule has 0 fully saturated rings. The van der Waals surface area contributed by atoms with Gasteiger partial charge in [-0.2, -0.15) is 0 Å². The van der Waals surface area contributed by atoms with Crippen LogP contribution in [0, 0.1) is 11.6 Å². The SMILES string of the molecule is CN(CCOc1ccc(F)cc1)C(=O)c1cc2cc(F)ccc2[nH]1. The van der Waals surface area contributed by atoms with Gasteiger partial charge in [-0.25, -0.2) is 8.78 Å². The number of carbonyl (C=O) groups is 1. The number of benzene rings is 2. The van der Waals surface area contributed by atoms with Crippen LogP contribution in [-0.4, -0.2) is 36.0 Å². The number of ether oxygens (including phenoxy) is 1. The van der Waals surface area contributed by atoms with Crippen molar-refractivity contribution in [2.24, 2.45) is 0 Å². The van der Waals surface area contributed by atoms with Gasteiger partial charge in [-0.15, -0.1) is 0 Å². The molecule has 0 atom stereocenters. The topological polar surface area (TPSA) is 45.3 Å². The molecule has 1 aromatic heterocycles. The van der Waals surface area contributed by atoms with Crippen molar-refractivity contribution in [3.63, 3.8) is 0 Å². The first-order valence-corrected chi connectivity index (χ1v) is 7.45. The Labute approximate surface area is 137 Å². The van der Waals surface area contributed by atoms with E-state index in [4.69, 9.17) is 4.74 Å². The summed E-state index contributed by atoms with van der Waals surface area (Å²) in [5.41, 5.74) is 1.09. The lowest BCUT2D eigenvalue weighted by Gasteiger charge is -2.16. The minimum atomic E-state index is -0.346. The van der Waals surface area contributed by atoms with E-state index < -0.39 is 0 Å². The van der Waals surface area contributed by atoms with Crippen LogP contribution in [0.3, 0.4) is 0 Å². The van der Waals surface area contributed by atoms with E-state index in [1.54, 1.807) is 19.2 Å². The third kappa shape index (κ3) is 3.53. The predicted octanol–water partition coefficient (Wildman–Crippen LogP) is 3.60. The molecule has 3 aromatic rings. The van der Waals surface area contributed by atoms with Gasteiger partial charge in [-0.3, -0.25) is 4.79 Å². The maximum absolute atomic E-state index is 13.2. The normalized spacial score (nSPS) is 10.8. The van der Waals surface area contributed by atoms with Gasteiger partial charge in [-0.05, 0) is 48.5 Å². The van der Waals surface area contributed by atoms with Gasteiger partial charge in [0.05, 0.1) is 6.54 Å². The predicted molar refractivity (Wildman–Crippen MR) is 87.1 cm³/mol. The average Bonchev–Trinajstić information content (AvgIpc) is 2.98. The van der Waals surface area contributed by atoms with Gasteiger partial charge in [0, 0.05) is 18.0 Å². The lowest BCUT2D eigenvalue weighted by molar-refractivity contribution is 0.0769. The number of nitrogens with zero attached hydrogens (tertiary/aromatic N) is 1. The number of H-pyrrole nitrogens is 1. The summed E-state index contributed by atoms with van der Waals surface area (Å²) in [5.74, 6) is -0.348. The van der Waals surface area contributed by atoms with Gasteiger partial charge in [0.1, 0.15) is 29.7 Å².